The molecule has 0 aliphatic heterocycles. The van der Waals surface area contributed by atoms with Crippen LogP contribution in [0, 0.1) is 0 Å². The Bertz CT molecular complexity index is 442. The van der Waals surface area contributed by atoms with Crippen LogP contribution in [-0.4, -0.2) is 26.9 Å². The second-order valence-electron chi connectivity index (χ2n) is 3.24. The van der Waals surface area contributed by atoms with E-state index in [9.17, 15) is 5.11 Å². The molecule has 1 aromatic heterocycles. The highest BCUT2D eigenvalue weighted by atomic mass is 16.5. The maximum Gasteiger partial charge on any atom is 0.157 e. The zero-order chi connectivity index (χ0) is 11.4. The molecule has 1 heterocycles. The number of hydrogen-bond acceptors (Lipinski definition) is 4. The third-order valence-corrected chi connectivity index (χ3v) is 2.21. The quantitative estimate of drug-likeness (QED) is 0.812. The molecule has 0 saturated heterocycles. The molecular weight excluding hydrogens is 206 g/mol. The summed E-state index contributed by atoms with van der Waals surface area (Å²) >= 11 is 0. The molecule has 1 unspecified atom stereocenters. The number of benzene rings is 1. The number of nitrogens with one attached hydrogen (secondary N) is 1. The lowest BCUT2D eigenvalue weighted by Crippen LogP contribution is -2.05. The average Bonchev–Trinajstić information content (AvgIpc) is 2.83. The largest absolute Gasteiger partial charge is 0.493 e. The summed E-state index contributed by atoms with van der Waals surface area (Å²) in [5.41, 5.74) is 0.682. The van der Waals surface area contributed by atoms with Crippen molar-refractivity contribution in [2.45, 2.75) is 13.0 Å². The molecule has 0 bridgehead atoms. The van der Waals surface area contributed by atoms with Crippen molar-refractivity contribution in [2.75, 3.05) is 6.61 Å². The number of aliphatic hydroxyl groups is 1. The fraction of sp³-hybridized carbons (Fsp3) is 0.273. The summed E-state index contributed by atoms with van der Waals surface area (Å²) in [5, 5.41) is 16.4. The van der Waals surface area contributed by atoms with Crippen LogP contribution in [0.15, 0.2) is 30.6 Å². The first-order valence-corrected chi connectivity index (χ1v) is 5.08. The third-order valence-electron chi connectivity index (χ3n) is 2.21. The molecule has 0 aliphatic carbocycles. The summed E-state index contributed by atoms with van der Waals surface area (Å²) in [5.74, 6) is 1.07. The molecule has 0 aliphatic rings. The van der Waals surface area contributed by atoms with E-state index in [1.807, 2.05) is 25.1 Å². The van der Waals surface area contributed by atoms with Crippen molar-refractivity contribution in [3.63, 3.8) is 0 Å². The van der Waals surface area contributed by atoms with Crippen molar-refractivity contribution < 1.29 is 9.84 Å². The molecule has 0 spiro atoms. The van der Waals surface area contributed by atoms with Gasteiger partial charge in [0.15, 0.2) is 5.82 Å². The number of aromatic nitrogens is 3. The van der Waals surface area contributed by atoms with Crippen LogP contribution in [0.5, 0.6) is 5.75 Å². The van der Waals surface area contributed by atoms with Gasteiger partial charge >= 0.3 is 0 Å². The highest BCUT2D eigenvalue weighted by Gasteiger charge is 2.17. The lowest BCUT2D eigenvalue weighted by atomic mass is 10.1. The van der Waals surface area contributed by atoms with E-state index < -0.39 is 6.10 Å². The van der Waals surface area contributed by atoms with Crippen LogP contribution < -0.4 is 4.74 Å². The normalized spacial score (nSPS) is 12.4. The first kappa shape index (κ1) is 10.6. The predicted octanol–water partition coefficient (Wildman–Crippen LogP) is 1.29. The Morgan fingerprint density at radius 1 is 1.44 bits per heavy atom. The number of H-pyrrole nitrogens is 1. The minimum absolute atomic E-state index is 0.409. The molecule has 0 radical (unpaired) electrons. The van der Waals surface area contributed by atoms with Crippen molar-refractivity contribution in [3.8, 4) is 5.75 Å². The monoisotopic (exact) mass is 219 g/mol. The standard InChI is InChI=1S/C11H13N3O2/c1-2-16-9-6-4-3-5-8(9)10(15)11-12-7-13-14-11/h3-7,10,15H,2H2,1H3,(H,12,13,14). The van der Waals surface area contributed by atoms with E-state index in [0.717, 1.165) is 0 Å². The second-order valence-corrected chi connectivity index (χ2v) is 3.24. The van der Waals surface area contributed by atoms with E-state index in [4.69, 9.17) is 4.74 Å². The molecule has 5 nitrogen and oxygen atoms in total. The molecule has 84 valence electrons. The van der Waals surface area contributed by atoms with Crippen LogP contribution in [0.25, 0.3) is 0 Å². The molecule has 5 heteroatoms. The van der Waals surface area contributed by atoms with Gasteiger partial charge in [-0.2, -0.15) is 5.10 Å². The summed E-state index contributed by atoms with van der Waals surface area (Å²) in [4.78, 5) is 3.92. The molecule has 2 rings (SSSR count). The van der Waals surface area contributed by atoms with Crippen LogP contribution in [-0.2, 0) is 0 Å². The van der Waals surface area contributed by atoms with Gasteiger partial charge in [0.2, 0.25) is 0 Å². The second kappa shape index (κ2) is 4.76. The van der Waals surface area contributed by atoms with Gasteiger partial charge in [0.25, 0.3) is 0 Å². The highest BCUT2D eigenvalue weighted by Crippen LogP contribution is 2.27. The van der Waals surface area contributed by atoms with Crippen molar-refractivity contribution in [1.29, 1.82) is 0 Å². The molecular formula is C11H13N3O2. The lowest BCUT2D eigenvalue weighted by molar-refractivity contribution is 0.202. The summed E-state index contributed by atoms with van der Waals surface area (Å²) in [7, 11) is 0. The van der Waals surface area contributed by atoms with Gasteiger partial charge in [-0.15, -0.1) is 0 Å². The third kappa shape index (κ3) is 2.04. The summed E-state index contributed by atoms with van der Waals surface area (Å²) in [6.45, 7) is 2.46. The smallest absolute Gasteiger partial charge is 0.157 e. The minimum atomic E-state index is -0.842. The molecule has 1 atom stereocenters. The zero-order valence-electron chi connectivity index (χ0n) is 8.92. The van der Waals surface area contributed by atoms with Crippen LogP contribution in [0.4, 0.5) is 0 Å². The Hall–Kier alpha value is -1.88. The van der Waals surface area contributed by atoms with Crippen LogP contribution in [0.2, 0.25) is 0 Å². The molecule has 1 aromatic carbocycles. The fourth-order valence-electron chi connectivity index (χ4n) is 1.49. The van der Waals surface area contributed by atoms with Crippen molar-refractivity contribution in [3.05, 3.63) is 42.0 Å². The number of nitrogens with zero attached hydrogens (tertiary/aromatic N) is 2. The van der Waals surface area contributed by atoms with E-state index in [1.165, 1.54) is 6.33 Å². The van der Waals surface area contributed by atoms with Crippen molar-refractivity contribution >= 4 is 0 Å². The Balaban J connectivity index is 2.32. The highest BCUT2D eigenvalue weighted by molar-refractivity contribution is 5.37. The molecule has 2 aromatic rings. The number of ether oxygens (including phenoxy) is 1. The van der Waals surface area contributed by atoms with E-state index in [1.54, 1.807) is 6.07 Å². The molecule has 2 N–H and O–H groups in total. The topological polar surface area (TPSA) is 71.0 Å². The van der Waals surface area contributed by atoms with Gasteiger partial charge in [-0.25, -0.2) is 4.98 Å². The van der Waals surface area contributed by atoms with Gasteiger partial charge in [0, 0.05) is 5.56 Å². The summed E-state index contributed by atoms with van der Waals surface area (Å²) < 4.78 is 5.43. The van der Waals surface area contributed by atoms with Gasteiger partial charge in [-0.05, 0) is 13.0 Å². The Morgan fingerprint density at radius 2 is 2.25 bits per heavy atom. The minimum Gasteiger partial charge on any atom is -0.493 e. The van der Waals surface area contributed by atoms with Crippen molar-refractivity contribution in [1.82, 2.24) is 15.2 Å². The molecule has 0 saturated carbocycles. The molecule has 0 amide bonds. The van der Waals surface area contributed by atoms with Gasteiger partial charge in [0.1, 0.15) is 18.2 Å². The summed E-state index contributed by atoms with van der Waals surface area (Å²) in [6, 6.07) is 7.33. The maximum atomic E-state index is 10.1. The number of para-hydroxylation sites is 1. The SMILES string of the molecule is CCOc1ccccc1C(O)c1ncn[nH]1. The van der Waals surface area contributed by atoms with Crippen LogP contribution >= 0.6 is 0 Å². The zero-order valence-corrected chi connectivity index (χ0v) is 8.92. The first-order valence-electron chi connectivity index (χ1n) is 5.08. The predicted molar refractivity (Wildman–Crippen MR) is 58.1 cm³/mol. The fourth-order valence-corrected chi connectivity index (χ4v) is 1.49. The summed E-state index contributed by atoms with van der Waals surface area (Å²) in [6.07, 6.45) is 0.521. The van der Waals surface area contributed by atoms with Crippen LogP contribution in [0.3, 0.4) is 0 Å². The number of aromatic amines is 1. The number of aliphatic hydroxyl groups excluding tert-OH is 1. The van der Waals surface area contributed by atoms with E-state index >= 15 is 0 Å². The lowest BCUT2D eigenvalue weighted by Gasteiger charge is -2.13. The maximum absolute atomic E-state index is 10.1. The van der Waals surface area contributed by atoms with Crippen LogP contribution in [0.1, 0.15) is 24.4 Å². The van der Waals surface area contributed by atoms with E-state index in [2.05, 4.69) is 15.2 Å². The van der Waals surface area contributed by atoms with Crippen molar-refractivity contribution in [2.24, 2.45) is 0 Å². The molecule has 16 heavy (non-hydrogen) atoms. The van der Waals surface area contributed by atoms with E-state index in [0.29, 0.717) is 23.7 Å². The average molecular weight is 219 g/mol. The Labute approximate surface area is 93.1 Å². The van der Waals surface area contributed by atoms with E-state index in [-0.39, 0.29) is 0 Å². The molecule has 0 fully saturated rings. The van der Waals surface area contributed by atoms with Gasteiger partial charge < -0.3 is 9.84 Å². The van der Waals surface area contributed by atoms with Gasteiger partial charge in [0.05, 0.1) is 6.61 Å². The van der Waals surface area contributed by atoms with Gasteiger partial charge in [-0.3, -0.25) is 5.10 Å². The number of rotatable bonds is 4. The van der Waals surface area contributed by atoms with Gasteiger partial charge in [-0.1, -0.05) is 18.2 Å². The Kier molecular flexibility index (Phi) is 3.16. The number of hydrogen-bond donors (Lipinski definition) is 2. The Morgan fingerprint density at radius 3 is 2.94 bits per heavy atom. The first-order chi connectivity index (χ1) is 7.83.